The first kappa shape index (κ1) is 13.9. The Balaban J connectivity index is 4.49. The molecule has 0 saturated carbocycles. The number of hydrogen-bond acceptors (Lipinski definition) is 5. The van der Waals surface area contributed by atoms with Crippen molar-refractivity contribution in [2.24, 2.45) is 11.7 Å². The number of carbonyl (C=O) groups excluding carboxylic acids is 2. The van der Waals surface area contributed by atoms with E-state index in [-0.39, 0.29) is 13.0 Å². The smallest absolute Gasteiger partial charge is 0.320 e. The maximum atomic E-state index is 11.6. The number of hydrogen-bond donors (Lipinski definition) is 1. The minimum Gasteiger partial charge on any atom is -0.468 e. The van der Waals surface area contributed by atoms with Gasteiger partial charge in [0.15, 0.2) is 5.92 Å². The summed E-state index contributed by atoms with van der Waals surface area (Å²) < 4.78 is 9.59. The number of nitrogens with two attached hydrogens (primary N) is 1. The molecule has 0 aromatic heterocycles. The van der Waals surface area contributed by atoms with E-state index >= 15 is 0 Å². The molecule has 0 radical (unpaired) electrons. The topological polar surface area (TPSA) is 78.6 Å². The van der Waals surface area contributed by atoms with Gasteiger partial charge in [0.1, 0.15) is 5.60 Å². The van der Waals surface area contributed by atoms with Gasteiger partial charge in [0.25, 0.3) is 0 Å². The molecule has 0 aromatic carbocycles. The van der Waals surface area contributed by atoms with Crippen molar-refractivity contribution in [1.29, 1.82) is 0 Å². The predicted octanol–water partition coefficient (Wildman–Crippen LogP) is 0.466. The van der Waals surface area contributed by atoms with Crippen molar-refractivity contribution >= 4 is 11.9 Å². The van der Waals surface area contributed by atoms with Crippen molar-refractivity contribution in [2.75, 3.05) is 13.7 Å². The van der Waals surface area contributed by atoms with Crippen LogP contribution in [0, 0.1) is 5.92 Å². The van der Waals surface area contributed by atoms with Gasteiger partial charge < -0.3 is 15.2 Å². The molecule has 88 valence electrons. The highest BCUT2D eigenvalue weighted by atomic mass is 16.6. The molecule has 0 saturated heterocycles. The molecule has 0 heterocycles. The van der Waals surface area contributed by atoms with Gasteiger partial charge in [-0.25, -0.2) is 0 Å². The Bertz CT molecular complexity index is 232. The molecule has 0 spiro atoms. The van der Waals surface area contributed by atoms with Gasteiger partial charge in [-0.2, -0.15) is 0 Å². The van der Waals surface area contributed by atoms with Crippen LogP contribution in [0.5, 0.6) is 0 Å². The van der Waals surface area contributed by atoms with Gasteiger partial charge in [-0.15, -0.1) is 0 Å². The van der Waals surface area contributed by atoms with E-state index < -0.39 is 23.5 Å². The van der Waals surface area contributed by atoms with E-state index in [9.17, 15) is 9.59 Å². The highest BCUT2D eigenvalue weighted by Crippen LogP contribution is 2.14. The molecule has 5 heteroatoms. The fraction of sp³-hybridized carbons (Fsp3) is 0.800. The van der Waals surface area contributed by atoms with Crippen molar-refractivity contribution in [3.63, 3.8) is 0 Å². The molecule has 2 N–H and O–H groups in total. The van der Waals surface area contributed by atoms with Crippen molar-refractivity contribution in [3.05, 3.63) is 0 Å². The van der Waals surface area contributed by atoms with Gasteiger partial charge >= 0.3 is 11.9 Å². The molecule has 1 atom stereocenters. The van der Waals surface area contributed by atoms with Gasteiger partial charge in [0.05, 0.1) is 7.11 Å². The molecular weight excluding hydrogens is 198 g/mol. The maximum Gasteiger partial charge on any atom is 0.320 e. The average molecular weight is 217 g/mol. The standard InChI is InChI=1S/C10H19NO4/c1-10(2,3)15-9(13)7(5-6-11)8(12)14-4/h7H,5-6,11H2,1-4H3. The Labute approximate surface area is 89.9 Å². The van der Waals surface area contributed by atoms with Crippen LogP contribution in [0.1, 0.15) is 27.2 Å². The average Bonchev–Trinajstić information content (AvgIpc) is 2.10. The predicted molar refractivity (Wildman–Crippen MR) is 55.0 cm³/mol. The molecule has 0 aliphatic heterocycles. The fourth-order valence-corrected chi connectivity index (χ4v) is 1.01. The van der Waals surface area contributed by atoms with Crippen LogP contribution in [0.2, 0.25) is 0 Å². The van der Waals surface area contributed by atoms with Gasteiger partial charge in [0, 0.05) is 0 Å². The van der Waals surface area contributed by atoms with Crippen LogP contribution in [-0.4, -0.2) is 31.2 Å². The van der Waals surface area contributed by atoms with E-state index in [1.165, 1.54) is 7.11 Å². The first-order valence-corrected chi connectivity index (χ1v) is 4.82. The highest BCUT2D eigenvalue weighted by molar-refractivity contribution is 5.94. The highest BCUT2D eigenvalue weighted by Gasteiger charge is 2.31. The molecule has 15 heavy (non-hydrogen) atoms. The van der Waals surface area contributed by atoms with Crippen molar-refractivity contribution in [3.8, 4) is 0 Å². The SMILES string of the molecule is COC(=O)C(CCN)C(=O)OC(C)(C)C. The fourth-order valence-electron chi connectivity index (χ4n) is 1.01. The van der Waals surface area contributed by atoms with Gasteiger partial charge in [-0.05, 0) is 33.7 Å². The molecule has 0 aliphatic carbocycles. The normalized spacial score (nSPS) is 13.1. The monoisotopic (exact) mass is 217 g/mol. The minimum atomic E-state index is -0.917. The van der Waals surface area contributed by atoms with E-state index in [1.807, 2.05) is 0 Å². The summed E-state index contributed by atoms with van der Waals surface area (Å²) in [7, 11) is 1.23. The van der Waals surface area contributed by atoms with Crippen LogP contribution in [0.4, 0.5) is 0 Å². The quantitative estimate of drug-likeness (QED) is 0.547. The Morgan fingerprint density at radius 1 is 1.27 bits per heavy atom. The first-order valence-electron chi connectivity index (χ1n) is 4.82. The Hall–Kier alpha value is -1.10. The lowest BCUT2D eigenvalue weighted by atomic mass is 10.1. The van der Waals surface area contributed by atoms with Crippen LogP contribution in [0.3, 0.4) is 0 Å². The molecule has 0 aromatic rings. The molecular formula is C10H19NO4. The third kappa shape index (κ3) is 5.37. The number of rotatable bonds is 4. The molecule has 0 aliphatic rings. The first-order chi connectivity index (χ1) is 6.81. The van der Waals surface area contributed by atoms with E-state index in [0.717, 1.165) is 0 Å². The van der Waals surface area contributed by atoms with Crippen molar-refractivity contribution < 1.29 is 19.1 Å². The molecule has 0 rings (SSSR count). The van der Waals surface area contributed by atoms with Crippen molar-refractivity contribution in [1.82, 2.24) is 0 Å². The second-order valence-corrected chi connectivity index (χ2v) is 4.19. The summed E-state index contributed by atoms with van der Waals surface area (Å²) in [6, 6.07) is 0. The van der Waals surface area contributed by atoms with E-state index in [4.69, 9.17) is 10.5 Å². The van der Waals surface area contributed by atoms with Crippen LogP contribution >= 0.6 is 0 Å². The lowest BCUT2D eigenvalue weighted by molar-refractivity contribution is -0.168. The van der Waals surface area contributed by atoms with Gasteiger partial charge in [-0.1, -0.05) is 0 Å². The van der Waals surface area contributed by atoms with E-state index in [1.54, 1.807) is 20.8 Å². The summed E-state index contributed by atoms with van der Waals surface area (Å²) in [6.45, 7) is 5.45. The lowest BCUT2D eigenvalue weighted by Crippen LogP contribution is -2.34. The summed E-state index contributed by atoms with van der Waals surface area (Å²) in [4.78, 5) is 22.8. The Morgan fingerprint density at radius 2 is 1.80 bits per heavy atom. The van der Waals surface area contributed by atoms with Crippen LogP contribution in [0.15, 0.2) is 0 Å². The van der Waals surface area contributed by atoms with Gasteiger partial charge in [0.2, 0.25) is 0 Å². The third-order valence-corrected chi connectivity index (χ3v) is 1.63. The number of carbonyl (C=O) groups is 2. The minimum absolute atomic E-state index is 0.235. The third-order valence-electron chi connectivity index (χ3n) is 1.63. The molecule has 0 fully saturated rings. The molecule has 5 nitrogen and oxygen atoms in total. The van der Waals surface area contributed by atoms with E-state index in [2.05, 4.69) is 4.74 Å². The summed E-state index contributed by atoms with van der Waals surface area (Å²) in [5, 5.41) is 0. The lowest BCUT2D eigenvalue weighted by Gasteiger charge is -2.22. The van der Waals surface area contributed by atoms with Crippen LogP contribution in [-0.2, 0) is 19.1 Å². The Kier molecular flexibility index (Phi) is 5.28. The second-order valence-electron chi connectivity index (χ2n) is 4.19. The number of ether oxygens (including phenoxy) is 2. The number of esters is 2. The molecule has 0 bridgehead atoms. The molecule has 1 unspecified atom stereocenters. The summed E-state index contributed by atoms with van der Waals surface area (Å²) in [5.74, 6) is -2.10. The zero-order valence-electron chi connectivity index (χ0n) is 9.70. The van der Waals surface area contributed by atoms with Crippen LogP contribution in [0.25, 0.3) is 0 Å². The van der Waals surface area contributed by atoms with Crippen molar-refractivity contribution in [2.45, 2.75) is 32.8 Å². The zero-order valence-corrected chi connectivity index (χ0v) is 9.70. The largest absolute Gasteiger partial charge is 0.468 e. The van der Waals surface area contributed by atoms with Crippen LogP contribution < -0.4 is 5.73 Å². The Morgan fingerprint density at radius 3 is 2.13 bits per heavy atom. The molecule has 0 amide bonds. The summed E-state index contributed by atoms with van der Waals surface area (Å²) >= 11 is 0. The summed E-state index contributed by atoms with van der Waals surface area (Å²) in [5.41, 5.74) is 4.69. The second kappa shape index (κ2) is 5.70. The maximum absolute atomic E-state index is 11.6. The van der Waals surface area contributed by atoms with Gasteiger partial charge in [-0.3, -0.25) is 9.59 Å². The number of methoxy groups -OCH3 is 1. The zero-order chi connectivity index (χ0) is 12.1. The van der Waals surface area contributed by atoms with E-state index in [0.29, 0.717) is 0 Å². The summed E-state index contributed by atoms with van der Waals surface area (Å²) in [6.07, 6.45) is 0.238.